The first-order chi connectivity index (χ1) is 13.5. The van der Waals surface area contributed by atoms with E-state index in [0.717, 1.165) is 24.0 Å². The predicted molar refractivity (Wildman–Crippen MR) is 113 cm³/mol. The van der Waals surface area contributed by atoms with Gasteiger partial charge in [0, 0.05) is 13.6 Å². The molecule has 1 aromatic carbocycles. The van der Waals surface area contributed by atoms with Crippen LogP contribution in [0.5, 0.6) is 0 Å². The Morgan fingerprint density at radius 2 is 1.79 bits per heavy atom. The van der Waals surface area contributed by atoms with Gasteiger partial charge in [-0.25, -0.2) is 4.79 Å². The number of nitrogens with one attached hydrogen (secondary N) is 2. The van der Waals surface area contributed by atoms with Gasteiger partial charge in [-0.1, -0.05) is 37.6 Å². The molecule has 0 bridgehead atoms. The summed E-state index contributed by atoms with van der Waals surface area (Å²) >= 11 is 0. The molecule has 0 spiro atoms. The molecule has 0 heterocycles. The van der Waals surface area contributed by atoms with E-state index in [1.165, 1.54) is 4.90 Å². The maximum atomic E-state index is 13.0. The van der Waals surface area contributed by atoms with Crippen molar-refractivity contribution in [1.29, 1.82) is 0 Å². The Kier molecular flexibility index (Phi) is 9.14. The highest BCUT2D eigenvalue weighted by Gasteiger charge is 2.32. The third-order valence-electron chi connectivity index (χ3n) is 4.40. The van der Waals surface area contributed by atoms with Crippen LogP contribution in [0.25, 0.3) is 0 Å². The Balaban J connectivity index is 3.02. The minimum Gasteiger partial charge on any atom is -0.444 e. The Labute approximate surface area is 174 Å². The van der Waals surface area contributed by atoms with Crippen molar-refractivity contribution in [3.05, 3.63) is 35.4 Å². The maximum Gasteiger partial charge on any atom is 0.408 e. The van der Waals surface area contributed by atoms with Gasteiger partial charge in [0.25, 0.3) is 0 Å². The van der Waals surface area contributed by atoms with Gasteiger partial charge in [0.15, 0.2) is 0 Å². The molecular formula is C22H35N3O4. The maximum absolute atomic E-state index is 13.0. The van der Waals surface area contributed by atoms with Crippen molar-refractivity contribution >= 4 is 17.9 Å². The summed E-state index contributed by atoms with van der Waals surface area (Å²) in [6.07, 6.45) is 1.15. The van der Waals surface area contributed by atoms with Crippen molar-refractivity contribution < 1.29 is 19.1 Å². The zero-order valence-corrected chi connectivity index (χ0v) is 18.7. The molecular weight excluding hydrogens is 370 g/mol. The Morgan fingerprint density at radius 1 is 1.17 bits per heavy atom. The number of likely N-dealkylation sites (N-methyl/N-ethyl adjacent to an activating group) is 1. The van der Waals surface area contributed by atoms with Gasteiger partial charge in [-0.2, -0.15) is 0 Å². The summed E-state index contributed by atoms with van der Waals surface area (Å²) in [5.74, 6) is -0.622. The van der Waals surface area contributed by atoms with Crippen LogP contribution in [0.4, 0.5) is 4.79 Å². The van der Waals surface area contributed by atoms with Crippen molar-refractivity contribution in [2.75, 3.05) is 13.6 Å². The first-order valence-electron chi connectivity index (χ1n) is 10.1. The number of rotatable bonds is 8. The van der Waals surface area contributed by atoms with E-state index in [0.29, 0.717) is 6.54 Å². The van der Waals surface area contributed by atoms with E-state index < -0.39 is 23.8 Å². The second kappa shape index (κ2) is 10.8. The van der Waals surface area contributed by atoms with Gasteiger partial charge in [-0.05, 0) is 52.2 Å². The summed E-state index contributed by atoms with van der Waals surface area (Å²) in [6.45, 7) is 11.3. The number of hydrogen-bond donors (Lipinski definition) is 2. The van der Waals surface area contributed by atoms with Crippen molar-refractivity contribution in [1.82, 2.24) is 15.5 Å². The highest BCUT2D eigenvalue weighted by molar-refractivity contribution is 5.91. The molecule has 1 aromatic rings. The van der Waals surface area contributed by atoms with Gasteiger partial charge in [-0.15, -0.1) is 0 Å². The molecule has 0 aromatic heterocycles. The molecule has 162 valence electrons. The van der Waals surface area contributed by atoms with Crippen molar-refractivity contribution in [2.24, 2.45) is 0 Å². The zero-order chi connectivity index (χ0) is 22.2. The molecule has 2 atom stereocenters. The Morgan fingerprint density at radius 3 is 2.34 bits per heavy atom. The summed E-state index contributed by atoms with van der Waals surface area (Å²) in [4.78, 5) is 39.3. The molecule has 7 nitrogen and oxygen atoms in total. The van der Waals surface area contributed by atoms with Crippen LogP contribution in [0, 0.1) is 6.92 Å². The van der Waals surface area contributed by atoms with Gasteiger partial charge in [-0.3, -0.25) is 9.59 Å². The van der Waals surface area contributed by atoms with Crippen molar-refractivity contribution in [3.63, 3.8) is 0 Å². The molecule has 2 N–H and O–H groups in total. The van der Waals surface area contributed by atoms with E-state index in [4.69, 9.17) is 4.74 Å². The molecule has 0 aliphatic heterocycles. The third kappa shape index (κ3) is 7.75. The van der Waals surface area contributed by atoms with E-state index in [1.807, 2.05) is 38.1 Å². The van der Waals surface area contributed by atoms with E-state index in [9.17, 15) is 14.4 Å². The third-order valence-corrected chi connectivity index (χ3v) is 4.40. The molecule has 2 unspecified atom stereocenters. The average molecular weight is 406 g/mol. The number of benzene rings is 1. The topological polar surface area (TPSA) is 87.7 Å². The summed E-state index contributed by atoms with van der Waals surface area (Å²) in [6, 6.07) is 5.85. The number of unbranched alkanes of at least 4 members (excludes halogenated alkanes) is 1. The molecule has 0 fully saturated rings. The summed E-state index contributed by atoms with van der Waals surface area (Å²) in [5.41, 5.74) is 0.999. The molecule has 0 saturated carbocycles. The van der Waals surface area contributed by atoms with Crippen LogP contribution in [0.15, 0.2) is 24.3 Å². The van der Waals surface area contributed by atoms with Crippen LogP contribution in [0.1, 0.15) is 64.6 Å². The summed E-state index contributed by atoms with van der Waals surface area (Å²) in [7, 11) is 1.58. The SMILES string of the molecule is CCCCNC(=O)C(c1ccccc1C)N(C)C(=O)C(C)NC(=O)OC(C)(C)C. The largest absolute Gasteiger partial charge is 0.444 e. The van der Waals surface area contributed by atoms with Gasteiger partial charge in [0.2, 0.25) is 11.8 Å². The van der Waals surface area contributed by atoms with Gasteiger partial charge >= 0.3 is 6.09 Å². The average Bonchev–Trinajstić information content (AvgIpc) is 2.61. The number of carbonyl (C=O) groups is 3. The zero-order valence-electron chi connectivity index (χ0n) is 18.7. The fourth-order valence-corrected chi connectivity index (χ4v) is 2.88. The second-order valence-electron chi connectivity index (χ2n) is 8.22. The molecule has 0 aliphatic carbocycles. The summed E-state index contributed by atoms with van der Waals surface area (Å²) in [5, 5.41) is 5.46. The summed E-state index contributed by atoms with van der Waals surface area (Å²) < 4.78 is 5.22. The molecule has 0 saturated heterocycles. The molecule has 29 heavy (non-hydrogen) atoms. The van der Waals surface area contributed by atoms with Crippen LogP contribution in [-0.2, 0) is 14.3 Å². The fourth-order valence-electron chi connectivity index (χ4n) is 2.88. The first-order valence-corrected chi connectivity index (χ1v) is 10.1. The number of aryl methyl sites for hydroxylation is 1. The minimum atomic E-state index is -0.843. The van der Waals surface area contributed by atoms with Crippen molar-refractivity contribution in [2.45, 2.75) is 72.1 Å². The van der Waals surface area contributed by atoms with Gasteiger partial charge in [0.1, 0.15) is 17.7 Å². The minimum absolute atomic E-state index is 0.243. The van der Waals surface area contributed by atoms with Gasteiger partial charge < -0.3 is 20.3 Å². The van der Waals surface area contributed by atoms with E-state index in [2.05, 4.69) is 10.6 Å². The smallest absolute Gasteiger partial charge is 0.408 e. The normalized spacial score (nSPS) is 13.2. The second-order valence-corrected chi connectivity index (χ2v) is 8.22. The molecule has 0 radical (unpaired) electrons. The molecule has 7 heteroatoms. The lowest BCUT2D eigenvalue weighted by atomic mass is 9.99. The lowest BCUT2D eigenvalue weighted by Crippen LogP contribution is -2.50. The lowest BCUT2D eigenvalue weighted by Gasteiger charge is -2.31. The molecule has 0 aliphatic rings. The number of ether oxygens (including phenoxy) is 1. The number of hydrogen-bond acceptors (Lipinski definition) is 4. The number of nitrogens with zero attached hydrogens (tertiary/aromatic N) is 1. The molecule has 3 amide bonds. The number of amides is 3. The van der Waals surface area contributed by atoms with E-state index >= 15 is 0 Å². The number of carbonyl (C=O) groups excluding carboxylic acids is 3. The standard InChI is InChI=1S/C22H35N3O4/c1-8-9-14-23-19(26)18(17-13-11-10-12-15(17)2)25(7)20(27)16(3)24-21(28)29-22(4,5)6/h10-13,16,18H,8-9,14H2,1-7H3,(H,23,26)(H,24,28). The predicted octanol–water partition coefficient (Wildman–Crippen LogP) is 3.32. The Hall–Kier alpha value is -2.57. The fraction of sp³-hybridized carbons (Fsp3) is 0.591. The van der Waals surface area contributed by atoms with E-state index in [1.54, 1.807) is 34.7 Å². The van der Waals surface area contributed by atoms with Gasteiger partial charge in [0.05, 0.1) is 0 Å². The highest BCUT2D eigenvalue weighted by Crippen LogP contribution is 2.24. The quantitative estimate of drug-likeness (QED) is 0.650. The van der Waals surface area contributed by atoms with Crippen LogP contribution < -0.4 is 10.6 Å². The van der Waals surface area contributed by atoms with E-state index in [-0.39, 0.29) is 11.8 Å². The highest BCUT2D eigenvalue weighted by atomic mass is 16.6. The van der Waals surface area contributed by atoms with Crippen LogP contribution >= 0.6 is 0 Å². The van der Waals surface area contributed by atoms with Crippen LogP contribution in [0.2, 0.25) is 0 Å². The van der Waals surface area contributed by atoms with Crippen molar-refractivity contribution in [3.8, 4) is 0 Å². The Bertz CT molecular complexity index is 712. The molecule has 1 rings (SSSR count). The number of alkyl carbamates (subject to hydrolysis) is 1. The van der Waals surface area contributed by atoms with Crippen LogP contribution in [0.3, 0.4) is 0 Å². The monoisotopic (exact) mass is 405 g/mol. The first kappa shape index (κ1) is 24.5. The lowest BCUT2D eigenvalue weighted by molar-refractivity contribution is -0.140. The van der Waals surface area contributed by atoms with Crippen LogP contribution in [-0.4, -0.2) is 48.0 Å².